The van der Waals surface area contributed by atoms with Crippen LogP contribution in [-0.2, 0) is 4.79 Å². The second kappa shape index (κ2) is 6.75. The van der Waals surface area contributed by atoms with Crippen LogP contribution in [0.1, 0.15) is 27.2 Å². The van der Waals surface area contributed by atoms with Gasteiger partial charge in [0.05, 0.1) is 0 Å². The van der Waals surface area contributed by atoms with Crippen LogP contribution < -0.4 is 5.73 Å². The van der Waals surface area contributed by atoms with Gasteiger partial charge in [-0.3, -0.25) is 9.69 Å². The minimum Gasteiger partial charge on any atom is -0.409 e. The quantitative estimate of drug-likeness (QED) is 0.338. The van der Waals surface area contributed by atoms with Gasteiger partial charge in [0.15, 0.2) is 5.84 Å². The third kappa shape index (κ3) is 3.59. The van der Waals surface area contributed by atoms with Gasteiger partial charge in [0.25, 0.3) is 0 Å². The molecule has 3 N–H and O–H groups in total. The Hall–Kier alpha value is -1.30. The molecule has 1 rings (SSSR count). The lowest BCUT2D eigenvalue weighted by Crippen LogP contribution is -2.56. The first kappa shape index (κ1) is 15.8. The molecule has 6 heteroatoms. The van der Waals surface area contributed by atoms with E-state index < -0.39 is 5.92 Å². The van der Waals surface area contributed by atoms with Crippen molar-refractivity contribution in [3.63, 3.8) is 0 Å². The van der Waals surface area contributed by atoms with Gasteiger partial charge in [-0.2, -0.15) is 0 Å². The summed E-state index contributed by atoms with van der Waals surface area (Å²) in [7, 11) is 2.08. The number of hydrogen-bond acceptors (Lipinski definition) is 4. The van der Waals surface area contributed by atoms with Gasteiger partial charge in [0.1, 0.15) is 5.92 Å². The van der Waals surface area contributed by atoms with Crippen molar-refractivity contribution in [3.8, 4) is 0 Å². The Morgan fingerprint density at radius 1 is 1.47 bits per heavy atom. The number of piperazine rings is 1. The standard InChI is InChI=1S/C13H26N4O2/c1-5-10-8-17(7-6-16(10)4)13(18)11(9(2)3)12(14)15-19/h9-11,19H,5-8H2,1-4H3,(H2,14,15). The van der Waals surface area contributed by atoms with Gasteiger partial charge in [-0.25, -0.2) is 0 Å². The fraction of sp³-hybridized carbons (Fsp3) is 0.846. The fourth-order valence-electron chi connectivity index (χ4n) is 2.60. The van der Waals surface area contributed by atoms with Crippen molar-refractivity contribution in [2.24, 2.45) is 22.7 Å². The molecule has 19 heavy (non-hydrogen) atoms. The van der Waals surface area contributed by atoms with Gasteiger partial charge in [0.2, 0.25) is 5.91 Å². The van der Waals surface area contributed by atoms with Crippen LogP contribution >= 0.6 is 0 Å². The highest BCUT2D eigenvalue weighted by Crippen LogP contribution is 2.18. The van der Waals surface area contributed by atoms with Crippen LogP contribution in [0.3, 0.4) is 0 Å². The largest absolute Gasteiger partial charge is 0.409 e. The van der Waals surface area contributed by atoms with E-state index in [1.807, 2.05) is 18.7 Å². The summed E-state index contributed by atoms with van der Waals surface area (Å²) in [5.74, 6) is -0.544. The van der Waals surface area contributed by atoms with Crippen molar-refractivity contribution in [1.82, 2.24) is 9.80 Å². The van der Waals surface area contributed by atoms with E-state index in [2.05, 4.69) is 24.0 Å². The van der Waals surface area contributed by atoms with E-state index in [0.29, 0.717) is 19.1 Å². The monoisotopic (exact) mass is 270 g/mol. The molecule has 0 aromatic heterocycles. The molecule has 2 unspecified atom stereocenters. The van der Waals surface area contributed by atoms with Gasteiger partial charge >= 0.3 is 0 Å². The average Bonchev–Trinajstić information content (AvgIpc) is 2.38. The molecule has 1 aliphatic heterocycles. The first-order valence-electron chi connectivity index (χ1n) is 6.88. The smallest absolute Gasteiger partial charge is 0.233 e. The highest BCUT2D eigenvalue weighted by Gasteiger charge is 2.34. The second-order valence-electron chi connectivity index (χ2n) is 5.57. The number of nitrogens with two attached hydrogens (primary N) is 1. The summed E-state index contributed by atoms with van der Waals surface area (Å²) in [6.07, 6.45) is 1.01. The summed E-state index contributed by atoms with van der Waals surface area (Å²) >= 11 is 0. The lowest BCUT2D eigenvalue weighted by Gasteiger charge is -2.40. The summed E-state index contributed by atoms with van der Waals surface area (Å²) < 4.78 is 0. The Balaban J connectivity index is 2.81. The molecule has 0 aliphatic carbocycles. The zero-order valence-corrected chi connectivity index (χ0v) is 12.3. The number of nitrogens with zero attached hydrogens (tertiary/aromatic N) is 3. The predicted octanol–water partition coefficient (Wildman–Crippen LogP) is 0.558. The van der Waals surface area contributed by atoms with Gasteiger partial charge in [-0.05, 0) is 19.4 Å². The highest BCUT2D eigenvalue weighted by atomic mass is 16.4. The molecule has 0 spiro atoms. The van der Waals surface area contributed by atoms with Crippen molar-refractivity contribution in [2.45, 2.75) is 33.2 Å². The third-order valence-corrected chi connectivity index (χ3v) is 3.93. The van der Waals surface area contributed by atoms with E-state index in [1.54, 1.807) is 0 Å². The Morgan fingerprint density at radius 3 is 2.58 bits per heavy atom. The number of hydrogen-bond donors (Lipinski definition) is 2. The number of carbonyl (C=O) groups is 1. The zero-order chi connectivity index (χ0) is 14.6. The number of oxime groups is 1. The van der Waals surface area contributed by atoms with E-state index >= 15 is 0 Å². The number of carbonyl (C=O) groups excluding carboxylic acids is 1. The fourth-order valence-corrected chi connectivity index (χ4v) is 2.60. The van der Waals surface area contributed by atoms with E-state index in [9.17, 15) is 4.79 Å². The summed E-state index contributed by atoms with van der Waals surface area (Å²) in [5, 5.41) is 11.8. The van der Waals surface area contributed by atoms with E-state index in [-0.39, 0.29) is 17.7 Å². The lowest BCUT2D eigenvalue weighted by molar-refractivity contribution is -0.137. The predicted molar refractivity (Wildman–Crippen MR) is 75.0 cm³/mol. The van der Waals surface area contributed by atoms with E-state index in [0.717, 1.165) is 13.0 Å². The highest BCUT2D eigenvalue weighted by molar-refractivity contribution is 6.02. The third-order valence-electron chi connectivity index (χ3n) is 3.93. The molecule has 1 saturated heterocycles. The van der Waals surface area contributed by atoms with Gasteiger partial charge in [0, 0.05) is 25.7 Å². The Labute approximate surface area is 115 Å². The van der Waals surface area contributed by atoms with Gasteiger partial charge in [-0.1, -0.05) is 25.9 Å². The van der Waals surface area contributed by atoms with Crippen LogP contribution in [0.15, 0.2) is 5.16 Å². The maximum atomic E-state index is 12.5. The van der Waals surface area contributed by atoms with Crippen molar-refractivity contribution in [3.05, 3.63) is 0 Å². The van der Waals surface area contributed by atoms with Crippen LogP contribution in [-0.4, -0.2) is 59.5 Å². The van der Waals surface area contributed by atoms with Crippen molar-refractivity contribution >= 4 is 11.7 Å². The SMILES string of the molecule is CCC1CN(C(=O)C(C(N)=NO)C(C)C)CCN1C. The van der Waals surface area contributed by atoms with Crippen LogP contribution in [0.25, 0.3) is 0 Å². The first-order valence-corrected chi connectivity index (χ1v) is 6.88. The summed E-state index contributed by atoms with van der Waals surface area (Å²) in [6, 6.07) is 0.387. The average molecular weight is 270 g/mol. The zero-order valence-electron chi connectivity index (χ0n) is 12.3. The van der Waals surface area contributed by atoms with Crippen LogP contribution in [0.2, 0.25) is 0 Å². The minimum absolute atomic E-state index is 0.00646. The molecule has 6 nitrogen and oxygen atoms in total. The number of amides is 1. The molecule has 2 atom stereocenters. The maximum Gasteiger partial charge on any atom is 0.233 e. The Bertz CT molecular complexity index is 344. The summed E-state index contributed by atoms with van der Waals surface area (Å²) in [4.78, 5) is 16.7. The van der Waals surface area contributed by atoms with Gasteiger partial charge < -0.3 is 15.8 Å². The molecule has 110 valence electrons. The Morgan fingerprint density at radius 2 is 2.11 bits per heavy atom. The molecule has 1 fully saturated rings. The lowest BCUT2D eigenvalue weighted by atomic mass is 9.92. The molecule has 0 saturated carbocycles. The Kier molecular flexibility index (Phi) is 5.60. The molecule has 1 aliphatic rings. The molecule has 0 radical (unpaired) electrons. The number of likely N-dealkylation sites (N-methyl/N-ethyl adjacent to an activating group) is 1. The number of rotatable bonds is 4. The summed E-state index contributed by atoms with van der Waals surface area (Å²) in [5.41, 5.74) is 5.66. The molecule has 0 aromatic carbocycles. The van der Waals surface area contributed by atoms with Crippen LogP contribution in [0.4, 0.5) is 0 Å². The van der Waals surface area contributed by atoms with Crippen molar-refractivity contribution in [2.75, 3.05) is 26.7 Å². The summed E-state index contributed by atoms with van der Waals surface area (Å²) in [6.45, 7) is 8.23. The molecular formula is C13H26N4O2. The second-order valence-corrected chi connectivity index (χ2v) is 5.57. The molecular weight excluding hydrogens is 244 g/mol. The molecule has 1 heterocycles. The van der Waals surface area contributed by atoms with Crippen LogP contribution in [0.5, 0.6) is 0 Å². The van der Waals surface area contributed by atoms with E-state index in [4.69, 9.17) is 10.9 Å². The first-order chi connectivity index (χ1) is 8.92. The van der Waals surface area contributed by atoms with Crippen molar-refractivity contribution in [1.29, 1.82) is 0 Å². The molecule has 0 bridgehead atoms. The molecule has 1 amide bonds. The molecule has 0 aromatic rings. The van der Waals surface area contributed by atoms with Crippen LogP contribution in [0, 0.1) is 11.8 Å². The topological polar surface area (TPSA) is 82.2 Å². The van der Waals surface area contributed by atoms with Gasteiger partial charge in [-0.15, -0.1) is 0 Å². The van der Waals surface area contributed by atoms with Crippen molar-refractivity contribution < 1.29 is 10.0 Å². The minimum atomic E-state index is -0.536. The maximum absolute atomic E-state index is 12.5. The number of amidine groups is 1. The van der Waals surface area contributed by atoms with E-state index in [1.165, 1.54) is 0 Å². The normalized spacial score (nSPS) is 23.7.